The fraction of sp³-hybridized carbons (Fsp3) is 0.294. The van der Waals surface area contributed by atoms with Crippen LogP contribution in [0, 0.1) is 0 Å². The minimum absolute atomic E-state index is 0.371. The maximum Gasteiger partial charge on any atom is 0.115 e. The summed E-state index contributed by atoms with van der Waals surface area (Å²) in [5, 5.41) is 13.2. The number of hydrogen-bond acceptors (Lipinski definition) is 2. The highest BCUT2D eigenvalue weighted by atomic mass is 79.9. The first-order chi connectivity index (χ1) is 9.74. The van der Waals surface area contributed by atoms with E-state index in [4.69, 9.17) is 0 Å². The molecule has 0 heterocycles. The van der Waals surface area contributed by atoms with Gasteiger partial charge in [-0.2, -0.15) is 0 Å². The molecule has 20 heavy (non-hydrogen) atoms. The lowest BCUT2D eigenvalue weighted by Gasteiger charge is -2.27. The topological polar surface area (TPSA) is 32.3 Å². The number of aryl methyl sites for hydroxylation is 1. The molecule has 0 amide bonds. The van der Waals surface area contributed by atoms with E-state index in [1.807, 2.05) is 12.1 Å². The van der Waals surface area contributed by atoms with Crippen molar-refractivity contribution in [3.8, 4) is 5.75 Å². The monoisotopic (exact) mass is 331 g/mol. The van der Waals surface area contributed by atoms with Crippen LogP contribution in [0.25, 0.3) is 0 Å². The van der Waals surface area contributed by atoms with Gasteiger partial charge in [-0.1, -0.05) is 40.2 Å². The van der Waals surface area contributed by atoms with Crippen molar-refractivity contribution in [1.82, 2.24) is 5.32 Å². The largest absolute Gasteiger partial charge is 0.508 e. The highest BCUT2D eigenvalue weighted by Gasteiger charge is 2.20. The molecule has 2 aromatic carbocycles. The highest BCUT2D eigenvalue weighted by Crippen LogP contribution is 2.32. The molecule has 3 rings (SSSR count). The van der Waals surface area contributed by atoms with Crippen LogP contribution in [-0.4, -0.2) is 5.11 Å². The molecule has 104 valence electrons. The van der Waals surface area contributed by atoms with Crippen LogP contribution in [0.3, 0.4) is 0 Å². The zero-order valence-corrected chi connectivity index (χ0v) is 12.9. The summed E-state index contributed by atoms with van der Waals surface area (Å²) < 4.78 is 1.15. The third-order valence-corrected chi connectivity index (χ3v) is 4.71. The Labute approximate surface area is 128 Å². The minimum Gasteiger partial charge on any atom is -0.508 e. The third kappa shape index (κ3) is 2.89. The highest BCUT2D eigenvalue weighted by molar-refractivity contribution is 9.10. The van der Waals surface area contributed by atoms with E-state index in [1.165, 1.54) is 23.1 Å². The van der Waals surface area contributed by atoms with E-state index in [9.17, 15) is 5.11 Å². The second-order valence-corrected chi connectivity index (χ2v) is 6.15. The second-order valence-electron chi connectivity index (χ2n) is 5.30. The normalized spacial score (nSPS) is 17.8. The summed E-state index contributed by atoms with van der Waals surface area (Å²) in [6.07, 6.45) is 3.39. The van der Waals surface area contributed by atoms with Gasteiger partial charge in [0.25, 0.3) is 0 Å². The Hall–Kier alpha value is -1.32. The first kappa shape index (κ1) is 13.7. The van der Waals surface area contributed by atoms with Crippen molar-refractivity contribution < 1.29 is 5.11 Å². The number of phenols is 1. The van der Waals surface area contributed by atoms with Crippen molar-refractivity contribution in [2.75, 3.05) is 0 Å². The van der Waals surface area contributed by atoms with Gasteiger partial charge in [-0.15, -0.1) is 0 Å². The zero-order valence-electron chi connectivity index (χ0n) is 11.3. The zero-order chi connectivity index (χ0) is 13.9. The molecule has 0 aliphatic heterocycles. The van der Waals surface area contributed by atoms with Crippen LogP contribution in [0.4, 0.5) is 0 Å². The third-order valence-electron chi connectivity index (χ3n) is 3.94. The number of phenolic OH excluding ortho intramolecular Hbond substituents is 1. The van der Waals surface area contributed by atoms with Crippen LogP contribution in [0.15, 0.2) is 46.9 Å². The number of hydrogen-bond donors (Lipinski definition) is 2. The van der Waals surface area contributed by atoms with Crippen molar-refractivity contribution in [2.45, 2.75) is 31.8 Å². The Balaban J connectivity index is 1.75. The first-order valence-corrected chi connectivity index (χ1v) is 7.82. The van der Waals surface area contributed by atoms with Crippen molar-refractivity contribution in [3.05, 3.63) is 63.6 Å². The Morgan fingerprint density at radius 1 is 1.20 bits per heavy atom. The van der Waals surface area contributed by atoms with Crippen molar-refractivity contribution in [3.63, 3.8) is 0 Å². The molecular formula is C17H18BrNO. The summed E-state index contributed by atoms with van der Waals surface area (Å²) in [6, 6.07) is 14.4. The van der Waals surface area contributed by atoms with Crippen LogP contribution in [-0.2, 0) is 13.0 Å². The summed E-state index contributed by atoms with van der Waals surface area (Å²) in [5.74, 6) is 0.371. The molecule has 2 N–H and O–H groups in total. The van der Waals surface area contributed by atoms with Crippen LogP contribution in [0.1, 0.15) is 35.6 Å². The van der Waals surface area contributed by atoms with Gasteiger partial charge in [-0.25, -0.2) is 0 Å². The molecule has 0 radical (unpaired) electrons. The quantitative estimate of drug-likeness (QED) is 0.877. The average molecular weight is 332 g/mol. The van der Waals surface area contributed by atoms with Gasteiger partial charge < -0.3 is 10.4 Å². The fourth-order valence-electron chi connectivity index (χ4n) is 2.89. The molecule has 1 unspecified atom stereocenters. The van der Waals surface area contributed by atoms with E-state index in [2.05, 4.69) is 45.5 Å². The lowest BCUT2D eigenvalue weighted by atomic mass is 9.87. The van der Waals surface area contributed by atoms with Gasteiger partial charge >= 0.3 is 0 Å². The van der Waals surface area contributed by atoms with Crippen LogP contribution in [0.5, 0.6) is 5.75 Å². The van der Waals surface area contributed by atoms with E-state index in [0.717, 1.165) is 23.9 Å². The number of fused-ring (bicyclic) bond motifs is 1. The van der Waals surface area contributed by atoms with Crippen LogP contribution >= 0.6 is 15.9 Å². The molecule has 0 spiro atoms. The molecule has 2 aromatic rings. The molecule has 0 fully saturated rings. The van der Waals surface area contributed by atoms with Crippen molar-refractivity contribution in [1.29, 1.82) is 0 Å². The van der Waals surface area contributed by atoms with E-state index in [0.29, 0.717) is 11.8 Å². The van der Waals surface area contributed by atoms with Gasteiger partial charge in [-0.05, 0) is 54.2 Å². The molecule has 0 saturated heterocycles. The van der Waals surface area contributed by atoms with E-state index in [-0.39, 0.29) is 0 Å². The van der Waals surface area contributed by atoms with E-state index < -0.39 is 0 Å². The first-order valence-electron chi connectivity index (χ1n) is 7.02. The van der Waals surface area contributed by atoms with Crippen LogP contribution in [0.2, 0.25) is 0 Å². The molecule has 1 atom stereocenters. The maximum atomic E-state index is 9.59. The summed E-state index contributed by atoms with van der Waals surface area (Å²) in [6.45, 7) is 0.854. The predicted molar refractivity (Wildman–Crippen MR) is 84.8 cm³/mol. The molecule has 1 aliphatic rings. The summed E-state index contributed by atoms with van der Waals surface area (Å²) in [5.41, 5.74) is 3.89. The van der Waals surface area contributed by atoms with Gasteiger partial charge in [0.2, 0.25) is 0 Å². The Morgan fingerprint density at radius 3 is 2.90 bits per heavy atom. The molecule has 2 nitrogen and oxygen atoms in total. The average Bonchev–Trinajstić information content (AvgIpc) is 2.46. The fourth-order valence-corrected chi connectivity index (χ4v) is 3.31. The van der Waals surface area contributed by atoms with E-state index >= 15 is 0 Å². The molecule has 0 aromatic heterocycles. The van der Waals surface area contributed by atoms with Gasteiger partial charge in [0.1, 0.15) is 5.75 Å². The Morgan fingerprint density at radius 2 is 2.05 bits per heavy atom. The molecule has 0 saturated carbocycles. The number of benzene rings is 2. The Kier molecular flexibility index (Phi) is 4.08. The van der Waals surface area contributed by atoms with Crippen LogP contribution < -0.4 is 5.32 Å². The lowest BCUT2D eigenvalue weighted by molar-refractivity contribution is 0.449. The number of halogens is 1. The maximum absolute atomic E-state index is 9.59. The van der Waals surface area contributed by atoms with Gasteiger partial charge in [0.15, 0.2) is 0 Å². The summed E-state index contributed by atoms with van der Waals surface area (Å²) in [4.78, 5) is 0. The van der Waals surface area contributed by atoms with Crippen molar-refractivity contribution in [2.24, 2.45) is 0 Å². The van der Waals surface area contributed by atoms with Gasteiger partial charge in [0.05, 0.1) is 0 Å². The Bertz CT molecular complexity index is 612. The molecule has 0 bridgehead atoms. The predicted octanol–water partition coefficient (Wildman–Crippen LogP) is 4.32. The standard InChI is InChI=1S/C17H18BrNO/c18-16-6-2-1-4-13(16)11-19-17-7-3-5-12-10-14(20)8-9-15(12)17/h1-2,4,6,8-10,17,19-20H,3,5,7,11H2. The summed E-state index contributed by atoms with van der Waals surface area (Å²) in [7, 11) is 0. The van der Waals surface area contributed by atoms with Gasteiger partial charge in [-0.3, -0.25) is 0 Å². The lowest BCUT2D eigenvalue weighted by Crippen LogP contribution is -2.24. The molecule has 3 heteroatoms. The molecule has 1 aliphatic carbocycles. The number of aromatic hydroxyl groups is 1. The SMILES string of the molecule is Oc1ccc2c(c1)CCCC2NCc1ccccc1Br. The number of nitrogens with one attached hydrogen (secondary N) is 1. The number of rotatable bonds is 3. The molecular weight excluding hydrogens is 314 g/mol. The van der Waals surface area contributed by atoms with Gasteiger partial charge in [0, 0.05) is 17.1 Å². The minimum atomic E-state index is 0.371. The van der Waals surface area contributed by atoms with E-state index in [1.54, 1.807) is 6.07 Å². The van der Waals surface area contributed by atoms with Crippen molar-refractivity contribution >= 4 is 15.9 Å². The summed E-state index contributed by atoms with van der Waals surface area (Å²) >= 11 is 3.59. The second kappa shape index (κ2) is 5.98. The smallest absolute Gasteiger partial charge is 0.115 e.